The van der Waals surface area contributed by atoms with Crippen molar-refractivity contribution in [1.29, 1.82) is 0 Å². The molecule has 0 fully saturated rings. The number of hydrogen-bond donors (Lipinski definition) is 0. The third-order valence-electron chi connectivity index (χ3n) is 7.58. The van der Waals surface area contributed by atoms with Crippen molar-refractivity contribution < 1.29 is 0 Å². The van der Waals surface area contributed by atoms with Gasteiger partial charge in [0, 0.05) is 27.6 Å². The minimum atomic E-state index is 0.641. The van der Waals surface area contributed by atoms with Gasteiger partial charge in [0.15, 0.2) is 17.5 Å². The van der Waals surface area contributed by atoms with Crippen LogP contribution < -0.4 is 0 Å². The highest BCUT2D eigenvalue weighted by atomic mass is 32.1. The van der Waals surface area contributed by atoms with E-state index in [1.165, 1.54) is 5.56 Å². The first kappa shape index (κ1) is 25.2. The van der Waals surface area contributed by atoms with E-state index < -0.39 is 0 Å². The summed E-state index contributed by atoms with van der Waals surface area (Å²) in [5, 5.41) is 3.23. The van der Waals surface area contributed by atoms with Gasteiger partial charge in [-0.3, -0.25) is 0 Å². The standard InChI is InChI=1S/C38H24N4S/c1-4-11-25(12-5-1)26-19-21-29(22-20-26)36-40-35(28-13-6-2-7-14-28)41-37(42-36)31-18-10-17-27-23-24-32-34(33(27)31)43-38(39-32)30-15-8-3-9-16-30/h1-24H. The van der Waals surface area contributed by atoms with Gasteiger partial charge in [0.25, 0.3) is 0 Å². The Morgan fingerprint density at radius 2 is 0.907 bits per heavy atom. The first-order valence-electron chi connectivity index (χ1n) is 14.2. The molecule has 8 rings (SSSR count). The highest BCUT2D eigenvalue weighted by Crippen LogP contribution is 2.39. The Labute approximate surface area is 253 Å². The third-order valence-corrected chi connectivity index (χ3v) is 8.71. The predicted octanol–water partition coefficient (Wildman–Crippen LogP) is 9.97. The quantitative estimate of drug-likeness (QED) is 0.207. The molecule has 0 unspecified atom stereocenters. The highest BCUT2D eigenvalue weighted by molar-refractivity contribution is 7.22. The molecule has 5 heteroatoms. The second-order valence-corrected chi connectivity index (χ2v) is 11.3. The largest absolute Gasteiger partial charge is 0.236 e. The molecule has 43 heavy (non-hydrogen) atoms. The third kappa shape index (κ3) is 4.76. The van der Waals surface area contributed by atoms with E-state index in [1.807, 2.05) is 42.5 Å². The lowest BCUT2D eigenvalue weighted by Crippen LogP contribution is -2.00. The van der Waals surface area contributed by atoms with Crippen LogP contribution >= 0.6 is 11.3 Å². The van der Waals surface area contributed by atoms with E-state index in [2.05, 4.69) is 103 Å². The molecule has 202 valence electrons. The smallest absolute Gasteiger partial charge is 0.164 e. The summed E-state index contributed by atoms with van der Waals surface area (Å²) < 4.78 is 1.13. The molecule has 0 N–H and O–H groups in total. The molecule has 0 aliphatic heterocycles. The molecule has 0 amide bonds. The molecule has 0 atom stereocenters. The summed E-state index contributed by atoms with van der Waals surface area (Å²) in [4.78, 5) is 20.1. The normalized spacial score (nSPS) is 11.3. The molecule has 0 bridgehead atoms. The van der Waals surface area contributed by atoms with Crippen LogP contribution in [0.4, 0.5) is 0 Å². The van der Waals surface area contributed by atoms with Crippen molar-refractivity contribution in [1.82, 2.24) is 19.9 Å². The first-order valence-corrected chi connectivity index (χ1v) is 15.0. The Kier molecular flexibility index (Phi) is 6.28. The van der Waals surface area contributed by atoms with Crippen LogP contribution in [-0.2, 0) is 0 Å². The van der Waals surface area contributed by atoms with Crippen LogP contribution in [0.25, 0.3) is 76.9 Å². The molecule has 0 spiro atoms. The Morgan fingerprint density at radius 1 is 0.372 bits per heavy atom. The number of hydrogen-bond acceptors (Lipinski definition) is 5. The van der Waals surface area contributed by atoms with Gasteiger partial charge in [-0.1, -0.05) is 140 Å². The number of thiazole rings is 1. The van der Waals surface area contributed by atoms with Crippen molar-refractivity contribution in [3.8, 4) is 55.9 Å². The van der Waals surface area contributed by atoms with Gasteiger partial charge in [0.1, 0.15) is 5.01 Å². The topological polar surface area (TPSA) is 51.6 Å². The fourth-order valence-corrected chi connectivity index (χ4v) is 6.57. The van der Waals surface area contributed by atoms with E-state index in [-0.39, 0.29) is 0 Å². The van der Waals surface area contributed by atoms with E-state index in [0.717, 1.165) is 53.8 Å². The molecule has 8 aromatic rings. The average molecular weight is 569 g/mol. The van der Waals surface area contributed by atoms with Gasteiger partial charge in [0.2, 0.25) is 0 Å². The maximum Gasteiger partial charge on any atom is 0.164 e. The summed E-state index contributed by atoms with van der Waals surface area (Å²) in [6, 6.07) is 49.8. The Balaban J connectivity index is 1.32. The predicted molar refractivity (Wildman–Crippen MR) is 178 cm³/mol. The molecule has 0 saturated carbocycles. The monoisotopic (exact) mass is 568 g/mol. The van der Waals surface area contributed by atoms with E-state index >= 15 is 0 Å². The van der Waals surface area contributed by atoms with Gasteiger partial charge in [-0.05, 0) is 22.6 Å². The zero-order valence-corrected chi connectivity index (χ0v) is 23.9. The van der Waals surface area contributed by atoms with Gasteiger partial charge >= 0.3 is 0 Å². The minimum Gasteiger partial charge on any atom is -0.236 e. The molecule has 0 aliphatic carbocycles. The Bertz CT molecular complexity index is 2210. The van der Waals surface area contributed by atoms with Gasteiger partial charge in [-0.25, -0.2) is 19.9 Å². The zero-order chi connectivity index (χ0) is 28.6. The highest BCUT2D eigenvalue weighted by Gasteiger charge is 2.17. The van der Waals surface area contributed by atoms with E-state index in [1.54, 1.807) is 11.3 Å². The summed E-state index contributed by atoms with van der Waals surface area (Å²) in [5.74, 6) is 1.93. The van der Waals surface area contributed by atoms with Gasteiger partial charge < -0.3 is 0 Å². The van der Waals surface area contributed by atoms with Crippen LogP contribution in [-0.4, -0.2) is 19.9 Å². The van der Waals surface area contributed by atoms with Crippen LogP contribution in [0.15, 0.2) is 146 Å². The second kappa shape index (κ2) is 10.7. The molecule has 0 radical (unpaired) electrons. The maximum absolute atomic E-state index is 5.09. The van der Waals surface area contributed by atoms with E-state index in [4.69, 9.17) is 19.9 Å². The second-order valence-electron chi connectivity index (χ2n) is 10.3. The Morgan fingerprint density at radius 3 is 1.58 bits per heavy atom. The lowest BCUT2D eigenvalue weighted by molar-refractivity contribution is 1.08. The molecule has 0 aliphatic rings. The van der Waals surface area contributed by atoms with Crippen LogP contribution in [0, 0.1) is 0 Å². The van der Waals surface area contributed by atoms with Gasteiger partial charge in [0.05, 0.1) is 10.2 Å². The maximum atomic E-state index is 5.09. The Hall–Kier alpha value is -5.52. The lowest BCUT2D eigenvalue weighted by atomic mass is 10.0. The summed E-state index contributed by atoms with van der Waals surface area (Å²) in [6.45, 7) is 0. The molecule has 2 heterocycles. The molecule has 6 aromatic carbocycles. The zero-order valence-electron chi connectivity index (χ0n) is 23.1. The molecule has 0 saturated heterocycles. The van der Waals surface area contributed by atoms with Crippen LogP contribution in [0.2, 0.25) is 0 Å². The summed E-state index contributed by atoms with van der Waals surface area (Å²) in [6.07, 6.45) is 0. The SMILES string of the molecule is c1ccc(-c2ccc(-c3nc(-c4ccccc4)nc(-c4cccc5ccc6nc(-c7ccccc7)sc6c45)n3)cc2)cc1. The van der Waals surface area contributed by atoms with Crippen LogP contribution in [0.3, 0.4) is 0 Å². The van der Waals surface area contributed by atoms with Crippen molar-refractivity contribution >= 4 is 32.3 Å². The fraction of sp³-hybridized carbons (Fsp3) is 0. The average Bonchev–Trinajstić information content (AvgIpc) is 3.54. The van der Waals surface area contributed by atoms with Crippen molar-refractivity contribution in [3.63, 3.8) is 0 Å². The van der Waals surface area contributed by atoms with Gasteiger partial charge in [-0.2, -0.15) is 0 Å². The number of benzene rings is 6. The van der Waals surface area contributed by atoms with Crippen molar-refractivity contribution in [3.05, 3.63) is 146 Å². The lowest BCUT2D eigenvalue weighted by Gasteiger charge is -2.11. The minimum absolute atomic E-state index is 0.641. The number of nitrogens with zero attached hydrogens (tertiary/aromatic N) is 4. The van der Waals surface area contributed by atoms with Crippen molar-refractivity contribution in [2.24, 2.45) is 0 Å². The van der Waals surface area contributed by atoms with E-state index in [9.17, 15) is 0 Å². The summed E-state index contributed by atoms with van der Waals surface area (Å²) in [5.41, 5.74) is 7.26. The van der Waals surface area contributed by atoms with Gasteiger partial charge in [-0.15, -0.1) is 11.3 Å². The molecular weight excluding hydrogens is 545 g/mol. The molecule has 4 nitrogen and oxygen atoms in total. The number of rotatable bonds is 5. The van der Waals surface area contributed by atoms with Crippen LogP contribution in [0.5, 0.6) is 0 Å². The summed E-state index contributed by atoms with van der Waals surface area (Å²) >= 11 is 1.71. The van der Waals surface area contributed by atoms with Crippen LogP contribution in [0.1, 0.15) is 0 Å². The number of aromatic nitrogens is 4. The van der Waals surface area contributed by atoms with E-state index in [0.29, 0.717) is 17.5 Å². The van der Waals surface area contributed by atoms with Crippen molar-refractivity contribution in [2.75, 3.05) is 0 Å². The first-order chi connectivity index (χ1) is 21.3. The summed E-state index contributed by atoms with van der Waals surface area (Å²) in [7, 11) is 0. The fourth-order valence-electron chi connectivity index (χ4n) is 5.43. The van der Waals surface area contributed by atoms with Crippen molar-refractivity contribution in [2.45, 2.75) is 0 Å². The molecular formula is C38H24N4S. The number of fused-ring (bicyclic) bond motifs is 3. The molecule has 2 aromatic heterocycles.